The SMILES string of the molecule is CC(=O)N1CCN(C)[C@@H](c2nnc3ccc(C(=O)NCCc4cccs4)cn23)C1. The number of carbonyl (C=O) groups is 2. The quantitative estimate of drug-likeness (QED) is 0.688. The Morgan fingerprint density at radius 1 is 1.24 bits per heavy atom. The van der Waals surface area contributed by atoms with Crippen molar-refractivity contribution in [1.29, 1.82) is 0 Å². The van der Waals surface area contributed by atoms with E-state index in [4.69, 9.17) is 0 Å². The Morgan fingerprint density at radius 2 is 2.10 bits per heavy atom. The molecule has 1 atom stereocenters. The molecule has 0 aliphatic carbocycles. The smallest absolute Gasteiger partial charge is 0.252 e. The Balaban J connectivity index is 1.52. The highest BCUT2D eigenvalue weighted by Gasteiger charge is 2.30. The van der Waals surface area contributed by atoms with Crippen molar-refractivity contribution in [2.75, 3.05) is 33.2 Å². The molecule has 0 radical (unpaired) electrons. The molecule has 1 aliphatic rings. The number of amides is 2. The van der Waals surface area contributed by atoms with E-state index in [0.717, 1.165) is 18.8 Å². The lowest BCUT2D eigenvalue weighted by molar-refractivity contribution is -0.131. The van der Waals surface area contributed by atoms with Crippen LogP contribution in [0, 0.1) is 0 Å². The lowest BCUT2D eigenvalue weighted by Crippen LogP contribution is -2.48. The summed E-state index contributed by atoms with van der Waals surface area (Å²) >= 11 is 1.69. The molecule has 3 aromatic rings. The van der Waals surface area contributed by atoms with Crippen LogP contribution in [-0.2, 0) is 11.2 Å². The second-order valence-corrected chi connectivity index (χ2v) is 8.28. The van der Waals surface area contributed by atoms with E-state index < -0.39 is 0 Å². The maximum atomic E-state index is 12.6. The molecular weight excluding hydrogens is 388 g/mol. The van der Waals surface area contributed by atoms with Gasteiger partial charge in [-0.3, -0.25) is 18.9 Å². The summed E-state index contributed by atoms with van der Waals surface area (Å²) in [7, 11) is 2.02. The zero-order valence-corrected chi connectivity index (χ0v) is 17.4. The van der Waals surface area contributed by atoms with Crippen LogP contribution in [0.3, 0.4) is 0 Å². The van der Waals surface area contributed by atoms with Gasteiger partial charge in [0.1, 0.15) is 0 Å². The van der Waals surface area contributed by atoms with Crippen molar-refractivity contribution in [2.24, 2.45) is 0 Å². The lowest BCUT2D eigenvalue weighted by atomic mass is 10.1. The predicted molar refractivity (Wildman–Crippen MR) is 111 cm³/mol. The van der Waals surface area contributed by atoms with Gasteiger partial charge in [-0.25, -0.2) is 0 Å². The highest BCUT2D eigenvalue weighted by molar-refractivity contribution is 7.09. The van der Waals surface area contributed by atoms with Crippen LogP contribution in [0.25, 0.3) is 5.65 Å². The zero-order chi connectivity index (χ0) is 20.4. The maximum absolute atomic E-state index is 12.6. The van der Waals surface area contributed by atoms with Gasteiger partial charge in [-0.1, -0.05) is 6.07 Å². The van der Waals surface area contributed by atoms with E-state index in [2.05, 4.69) is 26.5 Å². The van der Waals surface area contributed by atoms with E-state index in [0.29, 0.717) is 30.8 Å². The monoisotopic (exact) mass is 412 g/mol. The third-order valence-electron chi connectivity index (χ3n) is 5.32. The molecule has 0 spiro atoms. The maximum Gasteiger partial charge on any atom is 0.252 e. The fourth-order valence-electron chi connectivity index (χ4n) is 3.56. The first kappa shape index (κ1) is 19.5. The van der Waals surface area contributed by atoms with E-state index >= 15 is 0 Å². The summed E-state index contributed by atoms with van der Waals surface area (Å²) in [5, 5.41) is 13.6. The lowest BCUT2D eigenvalue weighted by Gasteiger charge is -2.38. The molecule has 2 amide bonds. The fraction of sp³-hybridized carbons (Fsp3) is 0.400. The van der Waals surface area contributed by atoms with Gasteiger partial charge in [0, 0.05) is 44.2 Å². The van der Waals surface area contributed by atoms with Gasteiger partial charge >= 0.3 is 0 Å². The molecular formula is C20H24N6O2S. The first-order valence-electron chi connectivity index (χ1n) is 9.64. The number of nitrogens with zero attached hydrogens (tertiary/aromatic N) is 5. The number of hydrogen-bond donors (Lipinski definition) is 1. The van der Waals surface area contributed by atoms with Crippen molar-refractivity contribution in [3.05, 3.63) is 52.1 Å². The topological polar surface area (TPSA) is 82.8 Å². The van der Waals surface area contributed by atoms with E-state index in [-0.39, 0.29) is 17.9 Å². The third kappa shape index (κ3) is 4.15. The molecule has 1 N–H and O–H groups in total. The van der Waals surface area contributed by atoms with Crippen LogP contribution in [0.15, 0.2) is 35.8 Å². The molecule has 4 heterocycles. The van der Waals surface area contributed by atoms with Crippen molar-refractivity contribution in [1.82, 2.24) is 29.7 Å². The number of likely N-dealkylation sites (N-methyl/N-ethyl adjacent to an activating group) is 1. The molecule has 4 rings (SSSR count). The normalized spacial score (nSPS) is 17.6. The van der Waals surface area contributed by atoms with Gasteiger partial charge in [-0.2, -0.15) is 0 Å². The molecule has 1 fully saturated rings. The van der Waals surface area contributed by atoms with Crippen molar-refractivity contribution in [3.8, 4) is 0 Å². The molecule has 9 heteroatoms. The first-order chi connectivity index (χ1) is 14.0. The first-order valence-corrected chi connectivity index (χ1v) is 10.5. The van der Waals surface area contributed by atoms with E-state index in [1.807, 2.05) is 27.8 Å². The number of aromatic nitrogens is 3. The highest BCUT2D eigenvalue weighted by atomic mass is 32.1. The van der Waals surface area contributed by atoms with Gasteiger partial charge in [0.25, 0.3) is 5.91 Å². The largest absolute Gasteiger partial charge is 0.352 e. The summed E-state index contributed by atoms with van der Waals surface area (Å²) in [6.45, 7) is 4.21. The van der Waals surface area contributed by atoms with Crippen LogP contribution in [0.4, 0.5) is 0 Å². The van der Waals surface area contributed by atoms with Gasteiger partial charge in [0.05, 0.1) is 11.6 Å². The second kappa shape index (κ2) is 8.30. The minimum atomic E-state index is -0.120. The number of thiophene rings is 1. The predicted octanol–water partition coefficient (Wildman–Crippen LogP) is 1.60. The molecule has 29 heavy (non-hydrogen) atoms. The molecule has 8 nitrogen and oxygen atoms in total. The molecule has 1 saturated heterocycles. The van der Waals surface area contributed by atoms with Gasteiger partial charge in [0.2, 0.25) is 5.91 Å². The van der Waals surface area contributed by atoms with Gasteiger partial charge < -0.3 is 10.2 Å². The summed E-state index contributed by atoms with van der Waals surface area (Å²) < 4.78 is 1.86. The highest BCUT2D eigenvalue weighted by Crippen LogP contribution is 2.23. The van der Waals surface area contributed by atoms with Crippen molar-refractivity contribution < 1.29 is 9.59 Å². The van der Waals surface area contributed by atoms with Crippen molar-refractivity contribution in [3.63, 3.8) is 0 Å². The average Bonchev–Trinajstić information content (AvgIpc) is 3.37. The molecule has 0 aromatic carbocycles. The summed E-state index contributed by atoms with van der Waals surface area (Å²) in [6.07, 6.45) is 2.60. The van der Waals surface area contributed by atoms with Gasteiger partial charge in [0.15, 0.2) is 11.5 Å². The molecule has 0 saturated carbocycles. The minimum Gasteiger partial charge on any atom is -0.352 e. The Labute approximate surface area is 173 Å². The summed E-state index contributed by atoms with van der Waals surface area (Å²) in [5.74, 6) is 0.676. The van der Waals surface area contributed by atoms with Gasteiger partial charge in [-0.05, 0) is 37.0 Å². The summed E-state index contributed by atoms with van der Waals surface area (Å²) in [5.41, 5.74) is 1.25. The minimum absolute atomic E-state index is 0.0581. The number of nitrogens with one attached hydrogen (secondary N) is 1. The van der Waals surface area contributed by atoms with Crippen LogP contribution < -0.4 is 5.32 Å². The van der Waals surface area contributed by atoms with E-state index in [1.165, 1.54) is 4.88 Å². The number of rotatable bonds is 5. The molecule has 1 aliphatic heterocycles. The summed E-state index contributed by atoms with van der Waals surface area (Å²) in [4.78, 5) is 29.7. The number of piperazine rings is 1. The van der Waals surface area contributed by atoms with Crippen LogP contribution in [-0.4, -0.2) is 69.4 Å². The Hall–Kier alpha value is -2.78. The Kier molecular flexibility index (Phi) is 5.59. The molecule has 0 unspecified atom stereocenters. The van der Waals surface area contributed by atoms with Crippen LogP contribution in [0.5, 0.6) is 0 Å². The van der Waals surface area contributed by atoms with E-state index in [1.54, 1.807) is 36.6 Å². The van der Waals surface area contributed by atoms with Crippen molar-refractivity contribution in [2.45, 2.75) is 19.4 Å². The second-order valence-electron chi connectivity index (χ2n) is 7.25. The number of hydrogen-bond acceptors (Lipinski definition) is 6. The van der Waals surface area contributed by atoms with Crippen LogP contribution in [0.2, 0.25) is 0 Å². The number of carbonyl (C=O) groups excluding carboxylic acids is 2. The van der Waals surface area contributed by atoms with Crippen LogP contribution >= 0.6 is 11.3 Å². The zero-order valence-electron chi connectivity index (χ0n) is 16.5. The van der Waals surface area contributed by atoms with Gasteiger partial charge in [-0.15, -0.1) is 21.5 Å². The fourth-order valence-corrected chi connectivity index (χ4v) is 4.27. The average molecular weight is 413 g/mol. The standard InChI is InChI=1S/C20H24N6O2S/c1-14(27)25-10-9-24(2)17(13-25)19-23-22-18-6-5-15(12-26(18)19)20(28)21-8-7-16-4-3-11-29-16/h3-6,11-12,17H,7-10,13H2,1-2H3,(H,21,28)/t17-/m1/s1. The summed E-state index contributed by atoms with van der Waals surface area (Å²) in [6, 6.07) is 7.58. The third-order valence-corrected chi connectivity index (χ3v) is 6.26. The molecule has 152 valence electrons. The number of fused-ring (bicyclic) bond motifs is 1. The van der Waals surface area contributed by atoms with Crippen LogP contribution in [0.1, 0.15) is 34.0 Å². The van der Waals surface area contributed by atoms with Crippen molar-refractivity contribution >= 4 is 28.8 Å². The molecule has 0 bridgehead atoms. The Morgan fingerprint density at radius 3 is 2.86 bits per heavy atom. The number of pyridine rings is 1. The van der Waals surface area contributed by atoms with E-state index in [9.17, 15) is 9.59 Å². The molecule has 3 aromatic heterocycles. The Bertz CT molecular complexity index is 1020.